The smallest absolute Gasteiger partial charge is 0.274 e. The fraction of sp³-hybridized carbons (Fsp3) is 0.733. The zero-order chi connectivity index (χ0) is 18.0. The third-order valence-electron chi connectivity index (χ3n) is 4.39. The highest BCUT2D eigenvalue weighted by atomic mass is 31.2. The van der Waals surface area contributed by atoms with Crippen LogP contribution in [-0.2, 0) is 4.79 Å². The summed E-state index contributed by atoms with van der Waals surface area (Å²) in [6, 6.07) is 0. The van der Waals surface area contributed by atoms with Crippen LogP contribution in [0.3, 0.4) is 0 Å². The van der Waals surface area contributed by atoms with Crippen LogP contribution in [0.25, 0.3) is 0 Å². The Morgan fingerprint density at radius 3 is 1.78 bits per heavy atom. The Labute approximate surface area is 139 Å². The monoisotopic (exact) mass is 359 g/mol. The average molecular weight is 359 g/mol. The summed E-state index contributed by atoms with van der Waals surface area (Å²) in [6.07, 6.45) is 0.206. The van der Waals surface area contributed by atoms with Crippen LogP contribution in [0.2, 0.25) is 0 Å². The second-order valence-electron chi connectivity index (χ2n) is 8.04. The SMILES string of the molecule is CP(N1C(=O)[P+]2(CCC(=O)N(C(C)(C)C)C2=O)C1=O)C(C)(C)C. The molecule has 1 spiro atoms. The Balaban J connectivity index is 2.38. The van der Waals surface area contributed by atoms with Gasteiger partial charge in [-0.1, -0.05) is 20.8 Å². The molecule has 2 heterocycles. The first-order valence-corrected chi connectivity index (χ1v) is 11.4. The molecular weight excluding hydrogens is 334 g/mol. The minimum atomic E-state index is -3.08. The third kappa shape index (κ3) is 2.55. The van der Waals surface area contributed by atoms with Crippen molar-refractivity contribution in [2.75, 3.05) is 12.8 Å². The highest BCUT2D eigenvalue weighted by molar-refractivity contribution is 8.19. The molecule has 0 aromatic carbocycles. The summed E-state index contributed by atoms with van der Waals surface area (Å²) in [5, 5.41) is -0.191. The summed E-state index contributed by atoms with van der Waals surface area (Å²) < 4.78 is 1.30. The van der Waals surface area contributed by atoms with E-state index in [1.165, 1.54) is 4.67 Å². The van der Waals surface area contributed by atoms with Crippen LogP contribution in [0.4, 0.5) is 14.4 Å². The Hall–Kier alpha value is -0.860. The molecule has 6 nitrogen and oxygen atoms in total. The van der Waals surface area contributed by atoms with E-state index in [9.17, 15) is 19.2 Å². The fourth-order valence-electron chi connectivity index (χ4n) is 2.76. The summed E-state index contributed by atoms with van der Waals surface area (Å²) in [6.45, 7) is 13.1. The summed E-state index contributed by atoms with van der Waals surface area (Å²) >= 11 is 0. The molecule has 2 rings (SSSR count). The maximum Gasteiger partial charge on any atom is 0.396 e. The van der Waals surface area contributed by atoms with Gasteiger partial charge in [0.2, 0.25) is 5.91 Å². The molecule has 2 fully saturated rings. The lowest BCUT2D eigenvalue weighted by Crippen LogP contribution is -2.61. The number of nitrogens with zero attached hydrogens (tertiary/aromatic N) is 2. The van der Waals surface area contributed by atoms with E-state index >= 15 is 0 Å². The van der Waals surface area contributed by atoms with Crippen molar-refractivity contribution < 1.29 is 19.2 Å². The first-order valence-electron chi connectivity index (χ1n) is 7.65. The molecule has 1 atom stereocenters. The Morgan fingerprint density at radius 2 is 1.39 bits per heavy atom. The molecule has 2 aliphatic rings. The van der Waals surface area contributed by atoms with Gasteiger partial charge in [0.15, 0.2) is 0 Å². The number of rotatable bonds is 1. The first-order chi connectivity index (χ1) is 10.3. The van der Waals surface area contributed by atoms with E-state index < -0.39 is 26.5 Å². The highest BCUT2D eigenvalue weighted by Gasteiger charge is 2.80. The number of hydrogen-bond donors (Lipinski definition) is 0. The molecule has 0 N–H and O–H groups in total. The molecule has 4 amide bonds. The van der Waals surface area contributed by atoms with Crippen LogP contribution in [0.15, 0.2) is 0 Å². The van der Waals surface area contributed by atoms with Crippen LogP contribution in [0, 0.1) is 0 Å². The van der Waals surface area contributed by atoms with Gasteiger partial charge in [-0.15, -0.1) is 0 Å². The molecule has 23 heavy (non-hydrogen) atoms. The van der Waals surface area contributed by atoms with E-state index in [0.29, 0.717) is 0 Å². The van der Waals surface area contributed by atoms with Crippen LogP contribution in [-0.4, -0.2) is 55.9 Å². The lowest BCUT2D eigenvalue weighted by Gasteiger charge is -2.47. The highest BCUT2D eigenvalue weighted by Crippen LogP contribution is 2.78. The van der Waals surface area contributed by atoms with Gasteiger partial charge in [-0.25, -0.2) is 19.3 Å². The van der Waals surface area contributed by atoms with Crippen LogP contribution >= 0.6 is 15.3 Å². The topological polar surface area (TPSA) is 74.8 Å². The van der Waals surface area contributed by atoms with Crippen LogP contribution in [0.1, 0.15) is 48.0 Å². The lowest BCUT2D eigenvalue weighted by molar-refractivity contribution is -0.131. The van der Waals surface area contributed by atoms with Gasteiger partial charge in [-0.05, 0) is 27.4 Å². The lowest BCUT2D eigenvalue weighted by atomic mass is 10.1. The molecule has 0 aliphatic carbocycles. The number of carbonyl (C=O) groups is 4. The predicted octanol–water partition coefficient (Wildman–Crippen LogP) is 4.54. The van der Waals surface area contributed by atoms with E-state index in [1.807, 2.05) is 27.4 Å². The second-order valence-corrected chi connectivity index (χ2v) is 14.0. The fourth-order valence-corrected chi connectivity index (χ4v) is 8.63. The van der Waals surface area contributed by atoms with Crippen molar-refractivity contribution in [2.45, 2.75) is 58.7 Å². The minimum absolute atomic E-state index is 0.0965. The van der Waals surface area contributed by atoms with Crippen LogP contribution in [0.5, 0.6) is 0 Å². The third-order valence-corrected chi connectivity index (χ3v) is 11.1. The Bertz CT molecular complexity index is 588. The quantitative estimate of drug-likeness (QED) is 0.645. The first kappa shape index (κ1) is 18.5. The van der Waals surface area contributed by atoms with Crippen molar-refractivity contribution in [1.29, 1.82) is 0 Å². The summed E-state index contributed by atoms with van der Waals surface area (Å²) in [5.74, 6) is -0.290. The summed E-state index contributed by atoms with van der Waals surface area (Å²) in [5.41, 5.74) is -1.90. The predicted molar refractivity (Wildman–Crippen MR) is 93.6 cm³/mol. The van der Waals surface area contributed by atoms with Gasteiger partial charge in [0.1, 0.15) is 0 Å². The molecule has 2 aliphatic heterocycles. The Kier molecular flexibility index (Phi) is 4.28. The number of imide groups is 2. The van der Waals surface area contributed by atoms with Crippen molar-refractivity contribution in [3.8, 4) is 0 Å². The standard InChI is InChI=1S/C15H25N2O4P2/c1-14(2,3)16-10(18)8-9-23(11(16)19)12(20)17(13(23)21)22(7)15(4,5)6/h8-9H2,1-7H3/q+1. The average Bonchev–Trinajstić information content (AvgIpc) is 2.36. The molecular formula is C15H25N2O4P2+. The number of carbonyl (C=O) groups excluding carboxylic acids is 4. The zero-order valence-electron chi connectivity index (χ0n) is 14.8. The molecule has 0 bridgehead atoms. The van der Waals surface area contributed by atoms with Crippen molar-refractivity contribution in [1.82, 2.24) is 9.57 Å². The minimum Gasteiger partial charge on any atom is -0.274 e. The van der Waals surface area contributed by atoms with Crippen molar-refractivity contribution in [3.05, 3.63) is 0 Å². The molecule has 0 radical (unpaired) electrons. The van der Waals surface area contributed by atoms with Gasteiger partial charge in [0.05, 0.1) is 12.6 Å². The zero-order valence-corrected chi connectivity index (χ0v) is 16.6. The van der Waals surface area contributed by atoms with Gasteiger partial charge >= 0.3 is 16.9 Å². The molecule has 8 heteroatoms. The Morgan fingerprint density at radius 1 is 0.913 bits per heavy atom. The van der Waals surface area contributed by atoms with Gasteiger partial charge in [-0.3, -0.25) is 4.79 Å². The maximum absolute atomic E-state index is 12.9. The van der Waals surface area contributed by atoms with Gasteiger partial charge in [-0.2, -0.15) is 4.67 Å². The van der Waals surface area contributed by atoms with Crippen LogP contribution < -0.4 is 0 Å². The number of hydrogen-bond acceptors (Lipinski definition) is 4. The molecule has 0 aromatic heterocycles. The second kappa shape index (κ2) is 5.32. The van der Waals surface area contributed by atoms with E-state index in [-0.39, 0.29) is 34.9 Å². The van der Waals surface area contributed by atoms with Crippen molar-refractivity contribution in [3.63, 3.8) is 0 Å². The largest absolute Gasteiger partial charge is 0.396 e. The summed E-state index contributed by atoms with van der Waals surface area (Å²) in [7, 11) is -4.07. The molecule has 0 saturated carbocycles. The molecule has 0 aromatic rings. The van der Waals surface area contributed by atoms with E-state index in [0.717, 1.165) is 4.90 Å². The normalized spacial score (nSPS) is 23.4. The summed E-state index contributed by atoms with van der Waals surface area (Å²) in [4.78, 5) is 51.9. The van der Waals surface area contributed by atoms with Gasteiger partial charge < -0.3 is 0 Å². The molecule has 1 unspecified atom stereocenters. The van der Waals surface area contributed by atoms with E-state index in [4.69, 9.17) is 0 Å². The van der Waals surface area contributed by atoms with Gasteiger partial charge in [0, 0.05) is 18.8 Å². The molecule has 128 valence electrons. The van der Waals surface area contributed by atoms with Crippen molar-refractivity contribution >= 4 is 38.2 Å². The van der Waals surface area contributed by atoms with Crippen molar-refractivity contribution in [2.24, 2.45) is 0 Å². The number of amides is 4. The molecule has 2 saturated heterocycles. The van der Waals surface area contributed by atoms with E-state index in [1.54, 1.807) is 20.8 Å². The van der Waals surface area contributed by atoms with E-state index in [2.05, 4.69) is 0 Å². The van der Waals surface area contributed by atoms with Gasteiger partial charge in [0.25, 0.3) is 7.26 Å². The maximum atomic E-state index is 12.9.